The number of nitrogens with zero attached hydrogens (tertiary/aromatic N) is 10. The molecule has 0 fully saturated rings. The van der Waals surface area contributed by atoms with Gasteiger partial charge in [0.2, 0.25) is 0 Å². The van der Waals surface area contributed by atoms with Gasteiger partial charge in [0.05, 0.1) is 40.3 Å². The van der Waals surface area contributed by atoms with Gasteiger partial charge in [-0.15, -0.1) is 10.2 Å². The van der Waals surface area contributed by atoms with E-state index in [-0.39, 0.29) is 60.7 Å². The number of carboxylic acids is 1. The molecule has 2 amide bonds. The number of carboxylic acid groups (broad SMARTS) is 1. The second kappa shape index (κ2) is 23.0. The molecule has 20 heteroatoms. The lowest BCUT2D eigenvalue weighted by Crippen LogP contribution is -2.36. The molecule has 78 heavy (non-hydrogen) atoms. The minimum atomic E-state index is -1.02. The number of aromatic nitrogens is 6. The van der Waals surface area contributed by atoms with Crippen molar-refractivity contribution in [2.75, 3.05) is 19.7 Å². The van der Waals surface area contributed by atoms with E-state index in [4.69, 9.17) is 4.74 Å². The number of hydrogen-bond donors (Lipinski definition) is 1. The highest BCUT2D eigenvalue weighted by Crippen LogP contribution is 2.41. The average molecular weight is 1060 g/mol. The molecule has 0 saturated heterocycles. The van der Waals surface area contributed by atoms with Gasteiger partial charge >= 0.3 is 11.9 Å². The number of carbonyl (C=O) groups is 4. The van der Waals surface area contributed by atoms with Crippen LogP contribution in [0.3, 0.4) is 0 Å². The fourth-order valence-corrected chi connectivity index (χ4v) is 11.0. The Labute approximate surface area is 448 Å². The number of amides is 2. The molecule has 2 aromatic heterocycles. The number of esters is 1. The molecule has 0 spiro atoms. The van der Waals surface area contributed by atoms with Crippen LogP contribution in [0.2, 0.25) is 0 Å². The molecule has 0 saturated carbocycles. The molecule has 2 aliphatic heterocycles. The minimum absolute atomic E-state index is 0.00354. The third-order valence-electron chi connectivity index (χ3n) is 14.9. The summed E-state index contributed by atoms with van der Waals surface area (Å²) in [5.74, 6) is -2.85. The van der Waals surface area contributed by atoms with Gasteiger partial charge in [-0.2, -0.15) is 0 Å². The van der Waals surface area contributed by atoms with E-state index in [1.54, 1.807) is 68.6 Å². The Bertz CT molecular complexity index is 3630. The lowest BCUT2D eigenvalue weighted by atomic mass is 9.83. The number of carbonyl (C=O) groups excluding carboxylic acids is 3. The molecule has 0 bridgehead atoms. The Morgan fingerprint density at radius 3 is 1.42 bits per heavy atom. The number of hydrogen-bond acceptors (Lipinski definition) is 13. The van der Waals surface area contributed by atoms with Crippen LogP contribution in [0.25, 0.3) is 22.1 Å². The SMILES string of the molecule is CCOC(=O)CC(c1cc2c(c([N+](=O)[O-])c1)CCN(C(=O)c1ccccc1)C2)c1ccc2c(nnn2CC)c1C.CCn1nnc2c(C)c(C(CC(=O)O)c3cc4c(c([N+](=O)[O-])c3)CCN(C(=O)c3ccccc3)C4)ccc21. The summed E-state index contributed by atoms with van der Waals surface area (Å²) in [6.07, 6.45) is 0.471. The van der Waals surface area contributed by atoms with Crippen molar-refractivity contribution in [3.63, 3.8) is 0 Å². The Morgan fingerprint density at radius 1 is 0.615 bits per heavy atom. The highest BCUT2D eigenvalue weighted by molar-refractivity contribution is 5.95. The fourth-order valence-electron chi connectivity index (χ4n) is 11.0. The molecule has 400 valence electrons. The first-order valence-corrected chi connectivity index (χ1v) is 25.9. The Kier molecular flexibility index (Phi) is 15.8. The number of nitro benzene ring substituents is 2. The molecular weight excluding hydrogens is 997 g/mol. The van der Waals surface area contributed by atoms with Gasteiger partial charge in [-0.25, -0.2) is 9.36 Å². The largest absolute Gasteiger partial charge is 0.481 e. The average Bonchev–Trinajstić information content (AvgIpc) is 4.13. The van der Waals surface area contributed by atoms with Gasteiger partial charge in [0.1, 0.15) is 11.0 Å². The summed E-state index contributed by atoms with van der Waals surface area (Å²) >= 11 is 0. The first-order valence-electron chi connectivity index (χ1n) is 25.9. The molecule has 6 aromatic carbocycles. The summed E-state index contributed by atoms with van der Waals surface area (Å²) in [6.45, 7) is 12.2. The van der Waals surface area contributed by atoms with E-state index in [0.717, 1.165) is 38.8 Å². The summed E-state index contributed by atoms with van der Waals surface area (Å²) in [5.41, 5.74) is 11.1. The number of fused-ring (bicyclic) bond motifs is 4. The van der Waals surface area contributed by atoms with Crippen LogP contribution in [0.5, 0.6) is 0 Å². The number of benzene rings is 6. The van der Waals surface area contributed by atoms with Gasteiger partial charge in [-0.05, 0) is 128 Å². The topological polar surface area (TPSA) is 252 Å². The van der Waals surface area contributed by atoms with Gasteiger partial charge in [-0.3, -0.25) is 39.4 Å². The van der Waals surface area contributed by atoms with Crippen molar-refractivity contribution in [3.05, 3.63) is 196 Å². The molecule has 20 nitrogen and oxygen atoms in total. The van der Waals surface area contributed by atoms with Gasteiger partial charge in [-0.1, -0.05) is 71.1 Å². The zero-order chi connectivity index (χ0) is 55.4. The van der Waals surface area contributed by atoms with Crippen molar-refractivity contribution in [3.8, 4) is 0 Å². The zero-order valence-corrected chi connectivity index (χ0v) is 43.9. The monoisotopic (exact) mass is 1050 g/mol. The molecule has 10 rings (SSSR count). The third kappa shape index (κ3) is 10.8. The Balaban J connectivity index is 0.000000190. The van der Waals surface area contributed by atoms with E-state index < -0.39 is 28.7 Å². The van der Waals surface area contributed by atoms with Crippen LogP contribution in [0.15, 0.2) is 109 Å². The Hall–Kier alpha value is -9.20. The summed E-state index contributed by atoms with van der Waals surface area (Å²) < 4.78 is 8.86. The van der Waals surface area contributed by atoms with Crippen LogP contribution in [-0.2, 0) is 53.3 Å². The van der Waals surface area contributed by atoms with Crippen molar-refractivity contribution < 1.29 is 38.9 Å². The summed E-state index contributed by atoms with van der Waals surface area (Å²) in [4.78, 5) is 78.0. The fraction of sp³-hybridized carbons (Fsp3) is 0.310. The van der Waals surface area contributed by atoms with Crippen LogP contribution < -0.4 is 0 Å². The van der Waals surface area contributed by atoms with E-state index in [9.17, 15) is 44.5 Å². The van der Waals surface area contributed by atoms with Crippen molar-refractivity contribution in [1.82, 2.24) is 39.8 Å². The standard InChI is InChI=1S/C30H31N5O5.C28H27N5O5/c1-4-34-26-12-11-23(19(3)29(26)31-32-34)25(17-28(36)40-5-2)21-15-22-18-33(30(37)20-9-7-6-8-10-20)14-13-24(22)27(16-21)35(38)39;1-3-32-24-10-9-21(17(2)27(24)29-30-32)23(15-26(34)35)19-13-20-16-31(28(36)18-7-5-4-6-8-18)12-11-22(20)25(14-19)33(37)38/h6-12,15-16,25H,4-5,13-14,17-18H2,1-3H3;4-10,13-14,23H,3,11-12,15-16H2,1-2H3,(H,34,35). The number of aryl methyl sites for hydroxylation is 4. The van der Waals surface area contributed by atoms with Gasteiger partial charge in [0.15, 0.2) is 0 Å². The maximum Gasteiger partial charge on any atom is 0.306 e. The molecule has 2 atom stereocenters. The van der Waals surface area contributed by atoms with Gasteiger partial charge < -0.3 is 19.6 Å². The van der Waals surface area contributed by atoms with Gasteiger partial charge in [0.25, 0.3) is 23.2 Å². The van der Waals surface area contributed by atoms with Crippen molar-refractivity contribution in [2.24, 2.45) is 0 Å². The smallest absolute Gasteiger partial charge is 0.306 e. The van der Waals surface area contributed by atoms with Crippen LogP contribution in [-0.4, -0.2) is 98.2 Å². The van der Waals surface area contributed by atoms with E-state index >= 15 is 0 Å². The first kappa shape index (κ1) is 53.6. The highest BCUT2D eigenvalue weighted by Gasteiger charge is 2.34. The van der Waals surface area contributed by atoms with Crippen molar-refractivity contribution in [1.29, 1.82) is 0 Å². The predicted octanol–water partition coefficient (Wildman–Crippen LogP) is 9.42. The number of nitro groups is 2. The molecule has 8 aromatic rings. The van der Waals surface area contributed by atoms with E-state index in [1.165, 1.54) is 6.07 Å². The van der Waals surface area contributed by atoms with E-state index in [2.05, 4.69) is 20.6 Å². The van der Waals surface area contributed by atoms with E-state index in [1.807, 2.05) is 88.4 Å². The van der Waals surface area contributed by atoms with Crippen LogP contribution >= 0.6 is 0 Å². The van der Waals surface area contributed by atoms with Crippen LogP contribution in [0.4, 0.5) is 11.4 Å². The molecule has 2 aliphatic rings. The molecule has 4 heterocycles. The zero-order valence-electron chi connectivity index (χ0n) is 43.9. The summed E-state index contributed by atoms with van der Waals surface area (Å²) in [6, 6.07) is 32.3. The minimum Gasteiger partial charge on any atom is -0.481 e. The molecule has 2 unspecified atom stereocenters. The predicted molar refractivity (Wildman–Crippen MR) is 289 cm³/mol. The van der Waals surface area contributed by atoms with Crippen molar-refractivity contribution >= 4 is 57.2 Å². The molecule has 1 N–H and O–H groups in total. The summed E-state index contributed by atoms with van der Waals surface area (Å²) in [7, 11) is 0. The normalized spacial score (nSPS) is 13.7. The quantitative estimate of drug-likeness (QED) is 0.0570. The molecular formula is C58H58N10O10. The maximum absolute atomic E-state index is 13.2. The number of aliphatic carboxylic acids is 1. The second-order valence-electron chi connectivity index (χ2n) is 19.4. The third-order valence-corrected chi connectivity index (χ3v) is 14.9. The van der Waals surface area contributed by atoms with Crippen LogP contribution in [0.1, 0.15) is 122 Å². The lowest BCUT2D eigenvalue weighted by Gasteiger charge is -2.30. The second-order valence-corrected chi connectivity index (χ2v) is 19.4. The van der Waals surface area contributed by atoms with Crippen LogP contribution in [0, 0.1) is 34.1 Å². The lowest BCUT2D eigenvalue weighted by molar-refractivity contribution is -0.385. The molecule has 0 aliphatic carbocycles. The summed E-state index contributed by atoms with van der Waals surface area (Å²) in [5, 5.41) is 51.2. The first-order chi connectivity index (χ1) is 37.6. The number of rotatable bonds is 15. The Morgan fingerprint density at radius 2 is 1.04 bits per heavy atom. The van der Waals surface area contributed by atoms with E-state index in [0.29, 0.717) is 89.0 Å². The van der Waals surface area contributed by atoms with Crippen molar-refractivity contribution in [2.45, 2.75) is 98.3 Å². The van der Waals surface area contributed by atoms with Gasteiger partial charge in [0, 0.05) is 85.5 Å². The highest BCUT2D eigenvalue weighted by atomic mass is 16.6. The number of ether oxygens (including phenoxy) is 1. The maximum atomic E-state index is 13.2. The molecule has 0 radical (unpaired) electrons.